The van der Waals surface area contributed by atoms with Crippen molar-refractivity contribution >= 4 is 41.4 Å². The zero-order valence-electron chi connectivity index (χ0n) is 19.2. The number of carbonyl (C=O) groups is 2. The zero-order valence-corrected chi connectivity index (χ0v) is 19.9. The zero-order chi connectivity index (χ0) is 24.3. The molecular weight excluding hydrogens is 448 g/mol. The molecule has 0 aromatic heterocycles. The Morgan fingerprint density at radius 1 is 0.912 bits per heavy atom. The first-order valence-corrected chi connectivity index (χ1v) is 11.4. The quantitative estimate of drug-likeness (QED) is 0.257. The minimum Gasteiger partial charge on any atom is -0.372 e. The highest BCUT2D eigenvalue weighted by Gasteiger charge is 2.14. The molecule has 3 aromatic rings. The summed E-state index contributed by atoms with van der Waals surface area (Å²) in [6.07, 6.45) is 3.11. The van der Waals surface area contributed by atoms with Crippen molar-refractivity contribution in [1.29, 1.82) is 0 Å². The number of benzene rings is 3. The van der Waals surface area contributed by atoms with Crippen LogP contribution in [-0.4, -0.2) is 31.1 Å². The Kier molecular flexibility index (Phi) is 9.00. The molecule has 7 heteroatoms. The van der Waals surface area contributed by atoms with Crippen LogP contribution in [0.2, 0.25) is 5.02 Å². The molecule has 0 radical (unpaired) electrons. The van der Waals surface area contributed by atoms with E-state index in [-0.39, 0.29) is 11.6 Å². The third-order valence-corrected chi connectivity index (χ3v) is 5.32. The highest BCUT2D eigenvalue weighted by molar-refractivity contribution is 6.30. The molecule has 0 aliphatic rings. The molecule has 2 N–H and O–H groups in total. The molecule has 0 spiro atoms. The summed E-state index contributed by atoms with van der Waals surface area (Å²) in [6, 6.07) is 23.6. The second-order valence-corrected chi connectivity index (χ2v) is 7.83. The fraction of sp³-hybridized carbons (Fsp3) is 0.148. The van der Waals surface area contributed by atoms with Gasteiger partial charge in [-0.3, -0.25) is 9.59 Å². The molecule has 0 unspecified atom stereocenters. The van der Waals surface area contributed by atoms with Gasteiger partial charge in [0.15, 0.2) is 0 Å². The van der Waals surface area contributed by atoms with E-state index in [0.29, 0.717) is 10.6 Å². The smallest absolute Gasteiger partial charge is 0.287 e. The Morgan fingerprint density at radius 3 is 2.26 bits per heavy atom. The molecule has 0 heterocycles. The van der Waals surface area contributed by atoms with Gasteiger partial charge < -0.3 is 10.2 Å². The van der Waals surface area contributed by atoms with Crippen LogP contribution in [0.4, 0.5) is 5.69 Å². The third kappa shape index (κ3) is 7.05. The summed E-state index contributed by atoms with van der Waals surface area (Å²) >= 11 is 5.98. The third-order valence-electron chi connectivity index (χ3n) is 5.09. The Bertz CT molecular complexity index is 1170. The minimum absolute atomic E-state index is 0.0766. The van der Waals surface area contributed by atoms with Crippen LogP contribution in [0.1, 0.15) is 35.3 Å². The fourth-order valence-electron chi connectivity index (χ4n) is 3.29. The van der Waals surface area contributed by atoms with Crippen LogP contribution >= 0.6 is 11.6 Å². The molecular formula is C27H27ClN4O2. The summed E-state index contributed by atoms with van der Waals surface area (Å²) in [5.41, 5.74) is 5.59. The monoisotopic (exact) mass is 474 g/mol. The van der Waals surface area contributed by atoms with E-state index in [2.05, 4.69) is 34.6 Å². The van der Waals surface area contributed by atoms with E-state index in [1.165, 1.54) is 6.21 Å². The summed E-state index contributed by atoms with van der Waals surface area (Å²) in [4.78, 5) is 27.8. The fourth-order valence-corrected chi connectivity index (χ4v) is 3.49. The SMILES string of the molecule is CCN(CC)c1ccc(/C=C(/NC(=O)c2ccccc2)C(=O)NN=Cc2cccc(Cl)c2)cc1. The van der Waals surface area contributed by atoms with Crippen LogP contribution in [0, 0.1) is 0 Å². The van der Waals surface area contributed by atoms with E-state index in [9.17, 15) is 9.59 Å². The molecule has 0 aliphatic carbocycles. The molecule has 0 saturated carbocycles. The predicted octanol–water partition coefficient (Wildman–Crippen LogP) is 5.11. The number of carbonyl (C=O) groups excluding carboxylic acids is 2. The molecule has 2 amide bonds. The summed E-state index contributed by atoms with van der Waals surface area (Å²) in [6.45, 7) is 6.00. The number of nitrogens with one attached hydrogen (secondary N) is 2. The van der Waals surface area contributed by atoms with Gasteiger partial charge in [-0.15, -0.1) is 0 Å². The van der Waals surface area contributed by atoms with Crippen molar-refractivity contribution in [2.24, 2.45) is 5.10 Å². The number of hydrogen-bond acceptors (Lipinski definition) is 4. The van der Waals surface area contributed by atoms with Crippen LogP contribution in [0.25, 0.3) is 6.08 Å². The van der Waals surface area contributed by atoms with Crippen molar-refractivity contribution < 1.29 is 9.59 Å². The molecule has 0 bridgehead atoms. The number of halogens is 1. The minimum atomic E-state index is -0.546. The Hall–Kier alpha value is -3.90. The van der Waals surface area contributed by atoms with Crippen LogP contribution in [0.15, 0.2) is 89.7 Å². The van der Waals surface area contributed by atoms with Gasteiger partial charge in [0, 0.05) is 29.4 Å². The largest absolute Gasteiger partial charge is 0.372 e. The summed E-state index contributed by atoms with van der Waals surface area (Å²) in [7, 11) is 0. The van der Waals surface area contributed by atoms with Crippen molar-refractivity contribution in [2.45, 2.75) is 13.8 Å². The molecule has 0 aliphatic heterocycles. The second-order valence-electron chi connectivity index (χ2n) is 7.40. The van der Waals surface area contributed by atoms with E-state index >= 15 is 0 Å². The van der Waals surface area contributed by atoms with Gasteiger partial charge in [0.2, 0.25) is 0 Å². The molecule has 3 rings (SSSR count). The molecule has 0 fully saturated rings. The molecule has 6 nitrogen and oxygen atoms in total. The topological polar surface area (TPSA) is 73.8 Å². The Labute approximate surface area is 204 Å². The second kappa shape index (κ2) is 12.4. The number of hydrogen-bond donors (Lipinski definition) is 2. The van der Waals surface area contributed by atoms with Gasteiger partial charge >= 0.3 is 0 Å². The first kappa shape index (κ1) is 24.7. The number of nitrogens with zero attached hydrogens (tertiary/aromatic N) is 2. The Morgan fingerprint density at radius 2 is 1.62 bits per heavy atom. The van der Waals surface area contributed by atoms with Gasteiger partial charge in [-0.1, -0.05) is 54.1 Å². The average Bonchev–Trinajstić information content (AvgIpc) is 2.86. The summed E-state index contributed by atoms with van der Waals surface area (Å²) < 4.78 is 0. The lowest BCUT2D eigenvalue weighted by molar-refractivity contribution is -0.117. The van der Waals surface area contributed by atoms with Crippen LogP contribution in [0.3, 0.4) is 0 Å². The first-order chi connectivity index (χ1) is 16.5. The van der Waals surface area contributed by atoms with Crippen LogP contribution in [-0.2, 0) is 4.79 Å². The highest BCUT2D eigenvalue weighted by Crippen LogP contribution is 2.17. The summed E-state index contributed by atoms with van der Waals surface area (Å²) in [5.74, 6) is -0.934. The molecule has 34 heavy (non-hydrogen) atoms. The highest BCUT2D eigenvalue weighted by atomic mass is 35.5. The molecule has 0 atom stereocenters. The lowest BCUT2D eigenvalue weighted by Gasteiger charge is -2.20. The normalized spacial score (nSPS) is 11.3. The molecule has 174 valence electrons. The maximum atomic E-state index is 12.9. The van der Waals surface area contributed by atoms with Gasteiger partial charge in [0.1, 0.15) is 5.70 Å². The van der Waals surface area contributed by atoms with Gasteiger partial charge in [-0.2, -0.15) is 5.10 Å². The van der Waals surface area contributed by atoms with Gasteiger partial charge in [0.25, 0.3) is 11.8 Å². The van der Waals surface area contributed by atoms with E-state index in [1.54, 1.807) is 48.5 Å². The van der Waals surface area contributed by atoms with Gasteiger partial charge in [0.05, 0.1) is 6.21 Å². The maximum Gasteiger partial charge on any atom is 0.287 e. The van der Waals surface area contributed by atoms with Crippen molar-refractivity contribution in [3.05, 3.63) is 106 Å². The molecule has 0 saturated heterocycles. The Balaban J connectivity index is 1.82. The van der Waals surface area contributed by atoms with E-state index in [0.717, 1.165) is 29.9 Å². The van der Waals surface area contributed by atoms with Crippen LogP contribution in [0.5, 0.6) is 0 Å². The first-order valence-electron chi connectivity index (χ1n) is 11.0. The number of rotatable bonds is 9. The number of amides is 2. The number of anilines is 1. The van der Waals surface area contributed by atoms with Crippen molar-refractivity contribution in [3.8, 4) is 0 Å². The van der Waals surface area contributed by atoms with Crippen molar-refractivity contribution in [2.75, 3.05) is 18.0 Å². The van der Waals surface area contributed by atoms with Crippen molar-refractivity contribution in [3.63, 3.8) is 0 Å². The standard InChI is InChI=1S/C27H27ClN4O2/c1-3-32(4-2)24-15-13-20(14-16-24)18-25(30-26(33)22-10-6-5-7-11-22)27(34)31-29-19-21-9-8-12-23(28)17-21/h5-19H,3-4H2,1-2H3,(H,30,33)(H,31,34)/b25-18+,29-19?. The van der Waals surface area contributed by atoms with Crippen molar-refractivity contribution in [1.82, 2.24) is 10.7 Å². The van der Waals surface area contributed by atoms with E-state index in [4.69, 9.17) is 11.6 Å². The predicted molar refractivity (Wildman–Crippen MR) is 139 cm³/mol. The van der Waals surface area contributed by atoms with E-state index < -0.39 is 5.91 Å². The lowest BCUT2D eigenvalue weighted by Crippen LogP contribution is -2.32. The summed E-state index contributed by atoms with van der Waals surface area (Å²) in [5, 5.41) is 7.28. The van der Waals surface area contributed by atoms with Gasteiger partial charge in [-0.25, -0.2) is 5.43 Å². The van der Waals surface area contributed by atoms with E-state index in [1.807, 2.05) is 36.4 Å². The lowest BCUT2D eigenvalue weighted by atomic mass is 10.1. The molecule has 3 aromatic carbocycles. The van der Waals surface area contributed by atoms with Gasteiger partial charge in [-0.05, 0) is 67.4 Å². The van der Waals surface area contributed by atoms with Crippen LogP contribution < -0.4 is 15.6 Å². The average molecular weight is 475 g/mol. The maximum absolute atomic E-state index is 12.9. The number of hydrazone groups is 1.